The first-order chi connectivity index (χ1) is 15.0. The number of ketones is 1. The molecule has 7 heteroatoms. The van der Waals surface area contributed by atoms with Gasteiger partial charge in [-0.15, -0.1) is 0 Å². The van der Waals surface area contributed by atoms with E-state index in [-0.39, 0.29) is 77.0 Å². The third-order valence-corrected chi connectivity index (χ3v) is 9.14. The van der Waals surface area contributed by atoms with Gasteiger partial charge < -0.3 is 14.2 Å². The van der Waals surface area contributed by atoms with Crippen molar-refractivity contribution in [1.82, 2.24) is 0 Å². The van der Waals surface area contributed by atoms with E-state index in [4.69, 9.17) is 14.2 Å². The number of hydrogen-bond acceptors (Lipinski definition) is 7. The molecule has 0 unspecified atom stereocenters. The maximum Gasteiger partial charge on any atom is 0.302 e. The molecule has 0 aromatic rings. The van der Waals surface area contributed by atoms with Gasteiger partial charge in [0.1, 0.15) is 18.0 Å². The second kappa shape index (κ2) is 8.45. The zero-order valence-corrected chi connectivity index (χ0v) is 19.7. The van der Waals surface area contributed by atoms with Crippen LogP contribution in [0, 0.1) is 34.5 Å². The molecule has 0 spiro atoms. The van der Waals surface area contributed by atoms with Crippen LogP contribution in [0.5, 0.6) is 0 Å². The maximum absolute atomic E-state index is 13.6. The van der Waals surface area contributed by atoms with E-state index in [1.165, 1.54) is 20.8 Å². The predicted octanol–water partition coefficient (Wildman–Crippen LogP) is 3.61. The maximum atomic E-state index is 13.6. The van der Waals surface area contributed by atoms with Gasteiger partial charge in [-0.25, -0.2) is 0 Å². The molecule has 0 radical (unpaired) electrons. The summed E-state index contributed by atoms with van der Waals surface area (Å²) in [5.74, 6) is -0.150. The Hall–Kier alpha value is -1.92. The van der Waals surface area contributed by atoms with Crippen LogP contribution in [0.3, 0.4) is 0 Å². The Labute approximate surface area is 189 Å². The molecule has 0 amide bonds. The van der Waals surface area contributed by atoms with E-state index < -0.39 is 0 Å². The first kappa shape index (κ1) is 23.2. The average molecular weight is 449 g/mol. The Balaban J connectivity index is 1.60. The summed E-state index contributed by atoms with van der Waals surface area (Å²) in [6, 6.07) is 0. The number of Topliss-reactive ketones (excluding diaryl/α,β-unsaturated/α-hetero) is 1. The molecule has 32 heavy (non-hydrogen) atoms. The minimum Gasteiger partial charge on any atom is -0.465 e. The number of carbonyl (C=O) groups excluding carboxylic acids is 4. The first-order valence-corrected chi connectivity index (χ1v) is 12.0. The normalized spacial score (nSPS) is 42.8. The van der Waals surface area contributed by atoms with E-state index in [1.54, 1.807) is 0 Å². The van der Waals surface area contributed by atoms with Gasteiger partial charge in [0.15, 0.2) is 0 Å². The second-order valence-corrected chi connectivity index (χ2v) is 11.0. The van der Waals surface area contributed by atoms with Crippen LogP contribution in [0.4, 0.5) is 0 Å². The molecule has 0 heterocycles. The van der Waals surface area contributed by atoms with Crippen molar-refractivity contribution in [3.8, 4) is 0 Å². The van der Waals surface area contributed by atoms with E-state index in [0.717, 1.165) is 32.1 Å². The summed E-state index contributed by atoms with van der Waals surface area (Å²) in [7, 11) is 0. The molecule has 4 rings (SSSR count). The van der Waals surface area contributed by atoms with Crippen LogP contribution in [0.25, 0.3) is 0 Å². The Morgan fingerprint density at radius 2 is 1.59 bits per heavy atom. The van der Waals surface area contributed by atoms with Gasteiger partial charge >= 0.3 is 17.9 Å². The Morgan fingerprint density at radius 1 is 0.906 bits per heavy atom. The van der Waals surface area contributed by atoms with Crippen molar-refractivity contribution >= 4 is 23.7 Å². The van der Waals surface area contributed by atoms with Gasteiger partial charge in [0.2, 0.25) is 0 Å². The Bertz CT molecular complexity index is 806. The number of hydrogen-bond donors (Lipinski definition) is 0. The van der Waals surface area contributed by atoms with Crippen molar-refractivity contribution in [2.75, 3.05) is 6.61 Å². The third kappa shape index (κ3) is 4.08. The summed E-state index contributed by atoms with van der Waals surface area (Å²) < 4.78 is 16.6. The van der Waals surface area contributed by atoms with Gasteiger partial charge in [0.25, 0.3) is 0 Å². The zero-order chi connectivity index (χ0) is 23.3. The van der Waals surface area contributed by atoms with Gasteiger partial charge in [0.05, 0.1) is 6.61 Å². The van der Waals surface area contributed by atoms with Crippen molar-refractivity contribution in [2.45, 2.75) is 91.3 Å². The van der Waals surface area contributed by atoms with E-state index in [9.17, 15) is 19.2 Å². The van der Waals surface area contributed by atoms with E-state index in [2.05, 4.69) is 6.92 Å². The van der Waals surface area contributed by atoms with Gasteiger partial charge in [-0.05, 0) is 68.1 Å². The molecule has 4 aliphatic carbocycles. The molecule has 4 fully saturated rings. The summed E-state index contributed by atoms with van der Waals surface area (Å²) >= 11 is 0. The second-order valence-electron chi connectivity index (χ2n) is 11.0. The van der Waals surface area contributed by atoms with Crippen LogP contribution >= 0.6 is 0 Å². The van der Waals surface area contributed by atoms with Crippen LogP contribution < -0.4 is 0 Å². The van der Waals surface area contributed by atoms with Crippen molar-refractivity contribution in [3.05, 3.63) is 0 Å². The van der Waals surface area contributed by atoms with Gasteiger partial charge in [-0.3, -0.25) is 19.2 Å². The topological polar surface area (TPSA) is 96.0 Å². The lowest BCUT2D eigenvalue weighted by Gasteiger charge is -2.59. The van der Waals surface area contributed by atoms with E-state index in [0.29, 0.717) is 19.3 Å². The fourth-order valence-corrected chi connectivity index (χ4v) is 7.84. The summed E-state index contributed by atoms with van der Waals surface area (Å²) in [4.78, 5) is 48.3. The molecule has 7 nitrogen and oxygen atoms in total. The Morgan fingerprint density at radius 3 is 2.25 bits per heavy atom. The SMILES string of the molecule is CC(=O)OC[C@]12CC[C@@H]3[C@H](C(=O)C[C@H]4C[C@H](OC(C)=O)CC[C@@]43C)[C@@H]1C[C@@H](OC(C)=O)C2. The summed E-state index contributed by atoms with van der Waals surface area (Å²) in [5.41, 5.74) is -0.275. The van der Waals surface area contributed by atoms with Crippen LogP contribution in [0.15, 0.2) is 0 Å². The molecular weight excluding hydrogens is 412 g/mol. The summed E-state index contributed by atoms with van der Waals surface area (Å²) in [5, 5.41) is 0. The number of rotatable bonds is 4. The van der Waals surface area contributed by atoms with Gasteiger partial charge in [-0.2, -0.15) is 0 Å². The van der Waals surface area contributed by atoms with E-state index in [1.807, 2.05) is 0 Å². The highest BCUT2D eigenvalue weighted by molar-refractivity contribution is 5.83. The minimum absolute atomic E-state index is 0.0301. The van der Waals surface area contributed by atoms with Gasteiger partial charge in [0, 0.05) is 38.5 Å². The first-order valence-electron chi connectivity index (χ1n) is 12.0. The standard InChI is InChI=1S/C25H36O7/c1-14(26)30-13-25-8-6-20-23(21(25)11-19(12-25)32-16(3)28)22(29)10-17-9-18(31-15(2)27)5-7-24(17,20)4/h17-21,23H,5-13H2,1-4H3/t17-,18-,19-,20-,21+,23+,24+,25-/m1/s1. The smallest absolute Gasteiger partial charge is 0.302 e. The van der Waals surface area contributed by atoms with Crippen LogP contribution in [-0.4, -0.2) is 42.5 Å². The number of fused-ring (bicyclic) bond motifs is 5. The predicted molar refractivity (Wildman–Crippen MR) is 114 cm³/mol. The molecule has 0 aliphatic heterocycles. The fourth-order valence-electron chi connectivity index (χ4n) is 7.84. The highest BCUT2D eigenvalue weighted by Crippen LogP contribution is 2.65. The monoisotopic (exact) mass is 448 g/mol. The van der Waals surface area contributed by atoms with Gasteiger partial charge in [-0.1, -0.05) is 6.92 Å². The van der Waals surface area contributed by atoms with Crippen molar-refractivity contribution in [1.29, 1.82) is 0 Å². The molecule has 0 saturated heterocycles. The highest BCUT2D eigenvalue weighted by Gasteiger charge is 2.64. The third-order valence-electron chi connectivity index (χ3n) is 9.14. The summed E-state index contributed by atoms with van der Waals surface area (Å²) in [6.07, 6.45) is 5.80. The number of ether oxygens (including phenoxy) is 3. The molecule has 0 aromatic carbocycles. The lowest BCUT2D eigenvalue weighted by atomic mass is 9.45. The quantitative estimate of drug-likeness (QED) is 0.479. The minimum atomic E-state index is -0.318. The molecule has 0 N–H and O–H groups in total. The Kier molecular flexibility index (Phi) is 6.14. The van der Waals surface area contributed by atoms with Crippen molar-refractivity contribution in [2.24, 2.45) is 34.5 Å². The largest absolute Gasteiger partial charge is 0.465 e. The van der Waals surface area contributed by atoms with Crippen LogP contribution in [-0.2, 0) is 33.4 Å². The van der Waals surface area contributed by atoms with Crippen molar-refractivity contribution in [3.63, 3.8) is 0 Å². The number of carbonyl (C=O) groups is 4. The molecule has 178 valence electrons. The van der Waals surface area contributed by atoms with Crippen molar-refractivity contribution < 1.29 is 33.4 Å². The average Bonchev–Trinajstić information content (AvgIpc) is 3.05. The molecule has 0 bridgehead atoms. The van der Waals surface area contributed by atoms with Crippen LogP contribution in [0.1, 0.15) is 79.1 Å². The lowest BCUT2D eigenvalue weighted by Crippen LogP contribution is -2.57. The highest BCUT2D eigenvalue weighted by atomic mass is 16.5. The lowest BCUT2D eigenvalue weighted by molar-refractivity contribution is -0.171. The molecule has 0 aromatic heterocycles. The van der Waals surface area contributed by atoms with E-state index >= 15 is 0 Å². The van der Waals surface area contributed by atoms with Crippen LogP contribution in [0.2, 0.25) is 0 Å². The fraction of sp³-hybridized carbons (Fsp3) is 0.840. The molecular formula is C25H36O7. The summed E-state index contributed by atoms with van der Waals surface area (Å²) in [6.45, 7) is 6.88. The molecule has 4 aliphatic rings. The molecule has 4 saturated carbocycles. The zero-order valence-electron chi connectivity index (χ0n) is 19.7. The molecule has 8 atom stereocenters. The number of esters is 3.